The Hall–Kier alpha value is -9.43. The number of ether oxygens (including phenoxy) is 2. The van der Waals surface area contributed by atoms with Crippen molar-refractivity contribution in [2.45, 2.75) is 63.1 Å². The Bertz CT molecular complexity index is 2720. The molecule has 4 N–H and O–H groups in total. The number of hydrogen-bond acceptors (Lipinski definition) is 9. The number of Topliss-reactive ketones (excluding diaryl/α,β-unsaturated/α-hetero) is 3. The Balaban J connectivity index is 1.25. The molecule has 0 radical (unpaired) electrons. The average Bonchev–Trinajstić information content (AvgIpc) is 3.41. The topological polar surface area (TPSA) is 259 Å². The van der Waals surface area contributed by atoms with Gasteiger partial charge < -0.3 is 41.8 Å². The standard InChI is InChI=1S/C55H50N8O9/c56-62-47(49(64)43(31-37-19-7-1-8-20-37)58-52(67)45(33-39-23-11-3-12-24-39)60-54(69)71-35-41-27-15-5-16-28-41)51(66)48(63-57)50(65)44(32-38-21-9-2-10-22-38)59-53(68)46(34-40-25-13-4-14-26-40)61-55(70)72-36-42-29-17-6-18-30-42/h1-30,43-46H,31-36H2,(H,58,67)(H,59,68)(H,60,69)(H,61,70)/t43-,44-,45-,46-/m0/s1. The van der Waals surface area contributed by atoms with Gasteiger partial charge in [-0.25, -0.2) is 9.59 Å². The highest BCUT2D eigenvalue weighted by atomic mass is 16.6. The summed E-state index contributed by atoms with van der Waals surface area (Å²) in [4.78, 5) is 104. The first-order chi connectivity index (χ1) is 35.0. The van der Waals surface area contributed by atoms with Gasteiger partial charge in [0.25, 0.3) is 11.6 Å². The number of hydrogen-bond donors (Lipinski definition) is 4. The highest BCUT2D eigenvalue weighted by Gasteiger charge is 2.48. The van der Waals surface area contributed by atoms with Crippen molar-refractivity contribution in [3.63, 3.8) is 0 Å². The number of amides is 4. The van der Waals surface area contributed by atoms with Gasteiger partial charge in [0.05, 0.1) is 0 Å². The van der Waals surface area contributed by atoms with Crippen molar-refractivity contribution >= 4 is 52.8 Å². The molecule has 6 aromatic rings. The molecule has 0 heterocycles. The van der Waals surface area contributed by atoms with E-state index in [2.05, 4.69) is 30.8 Å². The fourth-order valence-electron chi connectivity index (χ4n) is 7.45. The molecule has 0 aliphatic carbocycles. The van der Waals surface area contributed by atoms with Crippen LogP contribution in [0.1, 0.15) is 33.4 Å². The van der Waals surface area contributed by atoms with E-state index in [1.165, 1.54) is 0 Å². The van der Waals surface area contributed by atoms with Crippen molar-refractivity contribution in [2.75, 3.05) is 0 Å². The number of carbonyl (C=O) groups excluding carboxylic acids is 7. The molecule has 0 unspecified atom stereocenters. The molecular weight excluding hydrogens is 917 g/mol. The number of benzene rings is 6. The number of rotatable bonds is 24. The van der Waals surface area contributed by atoms with Gasteiger partial charge in [0, 0.05) is 25.7 Å². The quantitative estimate of drug-likeness (QED) is 0.0256. The Morgan fingerprint density at radius 2 is 0.611 bits per heavy atom. The minimum Gasteiger partial charge on any atom is -0.445 e. The van der Waals surface area contributed by atoms with Gasteiger partial charge in [-0.1, -0.05) is 182 Å². The molecule has 4 atom stereocenters. The van der Waals surface area contributed by atoms with Crippen LogP contribution in [0, 0.1) is 0 Å². The minimum absolute atomic E-state index is 0.0693. The van der Waals surface area contributed by atoms with Crippen molar-refractivity contribution in [2.24, 2.45) is 0 Å². The first-order valence-corrected chi connectivity index (χ1v) is 22.8. The molecule has 0 bridgehead atoms. The Labute approximate surface area is 414 Å². The number of nitrogens with one attached hydrogen (secondary N) is 4. The van der Waals surface area contributed by atoms with Crippen molar-refractivity contribution in [3.05, 3.63) is 226 Å². The van der Waals surface area contributed by atoms with E-state index in [0.29, 0.717) is 33.4 Å². The third-order valence-electron chi connectivity index (χ3n) is 11.1. The lowest BCUT2D eigenvalue weighted by atomic mass is 9.92. The first-order valence-electron chi connectivity index (χ1n) is 22.8. The van der Waals surface area contributed by atoms with Crippen LogP contribution in [-0.4, -0.2) is 86.5 Å². The van der Waals surface area contributed by atoms with Crippen LogP contribution in [0.25, 0.3) is 11.1 Å². The lowest BCUT2D eigenvalue weighted by molar-refractivity contribution is -0.131. The van der Waals surface area contributed by atoms with Gasteiger partial charge in [0.1, 0.15) is 37.4 Å². The predicted molar refractivity (Wildman–Crippen MR) is 264 cm³/mol. The molecule has 0 aromatic heterocycles. The molecule has 17 heteroatoms. The van der Waals surface area contributed by atoms with E-state index in [4.69, 9.17) is 9.47 Å². The summed E-state index contributed by atoms with van der Waals surface area (Å²) in [6.07, 6.45) is -2.61. The molecule has 0 saturated heterocycles. The molecule has 72 heavy (non-hydrogen) atoms. The van der Waals surface area contributed by atoms with Crippen LogP contribution in [-0.2, 0) is 72.3 Å². The van der Waals surface area contributed by atoms with Crippen LogP contribution in [0.5, 0.6) is 0 Å². The number of carbonyl (C=O) groups is 7. The number of ketones is 3. The van der Waals surface area contributed by atoms with Gasteiger partial charge in [-0.2, -0.15) is 9.58 Å². The zero-order chi connectivity index (χ0) is 51.1. The number of alkyl carbamates (subject to hydrolysis) is 2. The second kappa shape index (κ2) is 26.9. The lowest BCUT2D eigenvalue weighted by Crippen LogP contribution is -2.57. The van der Waals surface area contributed by atoms with Gasteiger partial charge in [0.15, 0.2) is 0 Å². The molecule has 4 amide bonds. The SMILES string of the molecule is [N-]=[N+]=C(C(=O)C(=[N+]=[N-])C(=O)[C@H](Cc1ccccc1)NC(=O)[C@H](Cc1ccccc1)NC(=O)OCc1ccccc1)C(=O)[C@H](Cc1ccccc1)NC(=O)[C@H](Cc1ccccc1)NC(=O)OCc1ccccc1. The average molecular weight is 967 g/mol. The highest BCUT2D eigenvalue weighted by molar-refractivity contribution is 6.87. The maximum Gasteiger partial charge on any atom is 0.415 e. The zero-order valence-corrected chi connectivity index (χ0v) is 38.8. The number of nitrogens with zero attached hydrogens (tertiary/aromatic N) is 4. The van der Waals surface area contributed by atoms with E-state index in [0.717, 1.165) is 0 Å². The van der Waals surface area contributed by atoms with Crippen molar-refractivity contribution < 1.29 is 52.6 Å². The normalized spacial score (nSPS) is 12.1. The second-order valence-electron chi connectivity index (χ2n) is 16.4. The van der Waals surface area contributed by atoms with E-state index in [-0.39, 0.29) is 38.9 Å². The lowest BCUT2D eigenvalue weighted by Gasteiger charge is -2.22. The summed E-state index contributed by atoms with van der Waals surface area (Å²) >= 11 is 0. The minimum atomic E-state index is -1.68. The van der Waals surface area contributed by atoms with E-state index in [1.807, 2.05) is 0 Å². The molecule has 0 saturated carbocycles. The smallest absolute Gasteiger partial charge is 0.415 e. The Morgan fingerprint density at radius 3 is 0.875 bits per heavy atom. The fourth-order valence-corrected chi connectivity index (χ4v) is 7.45. The molecule has 0 aliphatic rings. The maximum absolute atomic E-state index is 14.5. The van der Waals surface area contributed by atoms with Gasteiger partial charge in [-0.05, 0) is 33.4 Å². The van der Waals surface area contributed by atoms with Gasteiger partial charge >= 0.3 is 29.4 Å². The summed E-state index contributed by atoms with van der Waals surface area (Å²) in [5, 5.41) is 10.3. The van der Waals surface area contributed by atoms with Crippen LogP contribution in [0.3, 0.4) is 0 Å². The predicted octanol–water partition coefficient (Wildman–Crippen LogP) is 5.57. The van der Waals surface area contributed by atoms with Crippen molar-refractivity contribution in [1.29, 1.82) is 0 Å². The van der Waals surface area contributed by atoms with E-state index >= 15 is 0 Å². The summed E-state index contributed by atoms with van der Waals surface area (Å²) in [6, 6.07) is 45.6. The molecule has 6 aromatic carbocycles. The van der Waals surface area contributed by atoms with Crippen LogP contribution >= 0.6 is 0 Å². The maximum atomic E-state index is 14.5. The summed E-state index contributed by atoms with van der Waals surface area (Å²) in [5.74, 6) is -6.04. The Kier molecular flexibility index (Phi) is 19.4. The molecule has 0 aliphatic heterocycles. The van der Waals surface area contributed by atoms with Gasteiger partial charge in [-0.3, -0.25) is 24.0 Å². The molecule has 6 rings (SSSR count). The van der Waals surface area contributed by atoms with Crippen LogP contribution in [0.15, 0.2) is 182 Å². The largest absolute Gasteiger partial charge is 0.445 e. The first kappa shape index (κ1) is 52.0. The van der Waals surface area contributed by atoms with E-state index in [1.54, 1.807) is 182 Å². The summed E-state index contributed by atoms with van der Waals surface area (Å²) in [7, 11) is 0. The summed E-state index contributed by atoms with van der Waals surface area (Å²) < 4.78 is 10.8. The fraction of sp³-hybridized carbons (Fsp3) is 0.182. The van der Waals surface area contributed by atoms with Crippen LogP contribution < -0.4 is 21.3 Å². The molecular formula is C55H50N8O9. The van der Waals surface area contributed by atoms with E-state index < -0.39 is 76.9 Å². The third kappa shape index (κ3) is 15.8. The molecule has 0 spiro atoms. The van der Waals surface area contributed by atoms with Gasteiger partial charge in [-0.15, -0.1) is 0 Å². The Morgan fingerprint density at radius 1 is 0.361 bits per heavy atom. The molecule has 364 valence electrons. The summed E-state index contributed by atoms with van der Waals surface area (Å²) in [5.41, 5.74) is 21.7. The zero-order valence-electron chi connectivity index (χ0n) is 38.8. The van der Waals surface area contributed by atoms with Crippen LogP contribution in [0.2, 0.25) is 0 Å². The molecule has 0 fully saturated rings. The van der Waals surface area contributed by atoms with Crippen LogP contribution in [0.4, 0.5) is 9.59 Å². The highest BCUT2D eigenvalue weighted by Crippen LogP contribution is 2.13. The van der Waals surface area contributed by atoms with E-state index in [9.17, 15) is 44.6 Å². The van der Waals surface area contributed by atoms with Crippen molar-refractivity contribution in [3.8, 4) is 0 Å². The monoisotopic (exact) mass is 966 g/mol. The molecule has 17 nitrogen and oxygen atoms in total. The second-order valence-corrected chi connectivity index (χ2v) is 16.4. The third-order valence-corrected chi connectivity index (χ3v) is 11.1. The summed E-state index contributed by atoms with van der Waals surface area (Å²) in [6.45, 7) is -0.226. The van der Waals surface area contributed by atoms with Gasteiger partial charge in [0.2, 0.25) is 11.8 Å². The van der Waals surface area contributed by atoms with Crippen molar-refractivity contribution in [1.82, 2.24) is 21.3 Å².